The third kappa shape index (κ3) is 0.778. The summed E-state index contributed by atoms with van der Waals surface area (Å²) in [6, 6.07) is 0. The van der Waals surface area contributed by atoms with Gasteiger partial charge in [-0.05, 0) is 12.2 Å². The molecule has 0 nitrogen and oxygen atoms in total. The standard InChI is InChI=1S/C9H8/c1-2-8-4-6-9(3-1)7-5-8/h2-9H. The van der Waals surface area contributed by atoms with Gasteiger partial charge in [-0.1, -0.05) is 24.3 Å². The number of allylic oxidation sites excluding steroid dienone is 5. The van der Waals surface area contributed by atoms with Crippen LogP contribution in [0, 0.1) is 11.8 Å². The summed E-state index contributed by atoms with van der Waals surface area (Å²) in [4.78, 5) is 0. The van der Waals surface area contributed by atoms with E-state index >= 15 is 0 Å². The van der Waals surface area contributed by atoms with Crippen LogP contribution in [0.2, 0.25) is 0 Å². The van der Waals surface area contributed by atoms with Crippen molar-refractivity contribution in [1.82, 2.24) is 0 Å². The number of hydrogen-bond acceptors (Lipinski definition) is 0. The summed E-state index contributed by atoms with van der Waals surface area (Å²) >= 11 is 0. The summed E-state index contributed by atoms with van der Waals surface area (Å²) in [5.74, 6) is 1.03. The quantitative estimate of drug-likeness (QED) is 0.335. The molecule has 0 spiro atoms. The predicted octanol–water partition coefficient (Wildman–Crippen LogP) is 2.07. The lowest BCUT2D eigenvalue weighted by Crippen LogP contribution is -1.93. The van der Waals surface area contributed by atoms with Crippen LogP contribution in [-0.2, 0) is 0 Å². The molecule has 0 N–H and O–H groups in total. The lowest BCUT2D eigenvalue weighted by Gasteiger charge is -2.05. The zero-order chi connectivity index (χ0) is 6.10. The average Bonchev–Trinajstić information content (AvgIpc) is 2.21. The molecule has 0 aliphatic heterocycles. The fourth-order valence-corrected chi connectivity index (χ4v) is 1.14. The summed E-state index contributed by atoms with van der Waals surface area (Å²) in [7, 11) is 0. The maximum Gasteiger partial charge on any atom is 0.0203 e. The zero-order valence-electron chi connectivity index (χ0n) is 5.12. The Labute approximate surface area is 54.9 Å². The van der Waals surface area contributed by atoms with Gasteiger partial charge in [0.2, 0.25) is 0 Å². The molecule has 0 heterocycles. The average molecular weight is 116 g/mol. The summed E-state index contributed by atoms with van der Waals surface area (Å²) in [6.45, 7) is 0. The van der Waals surface area contributed by atoms with E-state index in [1.807, 2.05) is 0 Å². The highest BCUT2D eigenvalue weighted by atomic mass is 14.1. The lowest BCUT2D eigenvalue weighted by atomic mass is 9.99. The van der Waals surface area contributed by atoms with Gasteiger partial charge in [0.1, 0.15) is 0 Å². The third-order valence-corrected chi connectivity index (χ3v) is 1.69. The fraction of sp³-hybridized carbons (Fsp3) is 0.222. The molecule has 0 aromatic carbocycles. The second kappa shape index (κ2) is 1.75. The van der Waals surface area contributed by atoms with Crippen molar-refractivity contribution < 1.29 is 0 Å². The van der Waals surface area contributed by atoms with Crippen molar-refractivity contribution in [2.24, 2.45) is 11.8 Å². The van der Waals surface area contributed by atoms with Crippen molar-refractivity contribution in [3.8, 4) is 0 Å². The van der Waals surface area contributed by atoms with Crippen molar-refractivity contribution in [1.29, 1.82) is 0 Å². The van der Waals surface area contributed by atoms with E-state index in [1.165, 1.54) is 0 Å². The molecular formula is C9H8. The first-order valence-corrected chi connectivity index (χ1v) is 3.24. The van der Waals surface area contributed by atoms with Crippen molar-refractivity contribution in [3.05, 3.63) is 42.2 Å². The van der Waals surface area contributed by atoms with Crippen LogP contribution in [0.15, 0.2) is 42.2 Å². The van der Waals surface area contributed by atoms with Gasteiger partial charge in [0.15, 0.2) is 0 Å². The summed E-state index contributed by atoms with van der Waals surface area (Å²) in [6.07, 6.45) is 13.0. The Balaban J connectivity index is 2.48. The lowest BCUT2D eigenvalue weighted by molar-refractivity contribution is 0.960. The molecule has 0 amide bonds. The Morgan fingerprint density at radius 2 is 1.22 bits per heavy atom. The second-order valence-corrected chi connectivity index (χ2v) is 2.42. The highest BCUT2D eigenvalue weighted by molar-refractivity contribution is 5.25. The number of rotatable bonds is 0. The second-order valence-electron chi connectivity index (χ2n) is 2.42. The topological polar surface area (TPSA) is 0 Å². The first-order chi connectivity index (χ1) is 4.45. The molecule has 0 radical (unpaired) electrons. The van der Waals surface area contributed by atoms with Crippen LogP contribution in [-0.4, -0.2) is 0 Å². The Morgan fingerprint density at radius 3 is 1.67 bits per heavy atom. The minimum atomic E-state index is 0.514. The van der Waals surface area contributed by atoms with Gasteiger partial charge in [-0.15, -0.1) is 5.73 Å². The van der Waals surface area contributed by atoms with Crippen LogP contribution in [0.4, 0.5) is 0 Å². The largest absolute Gasteiger partial charge is 0.128 e. The van der Waals surface area contributed by atoms with Gasteiger partial charge in [0.25, 0.3) is 0 Å². The molecule has 0 heteroatoms. The van der Waals surface area contributed by atoms with Crippen LogP contribution < -0.4 is 0 Å². The van der Waals surface area contributed by atoms with E-state index in [1.54, 1.807) is 0 Å². The smallest absolute Gasteiger partial charge is 0.0203 e. The minimum Gasteiger partial charge on any atom is -0.128 e. The normalized spacial score (nSPS) is 35.6. The van der Waals surface area contributed by atoms with Crippen molar-refractivity contribution >= 4 is 0 Å². The first kappa shape index (κ1) is 4.84. The highest BCUT2D eigenvalue weighted by Gasteiger charge is 2.05. The molecule has 0 saturated heterocycles. The summed E-state index contributed by atoms with van der Waals surface area (Å²) in [5.41, 5.74) is 3.13. The summed E-state index contributed by atoms with van der Waals surface area (Å²) < 4.78 is 0. The van der Waals surface area contributed by atoms with E-state index in [0.717, 1.165) is 0 Å². The van der Waals surface area contributed by atoms with Crippen LogP contribution in [0.3, 0.4) is 0 Å². The van der Waals surface area contributed by atoms with Gasteiger partial charge < -0.3 is 0 Å². The van der Waals surface area contributed by atoms with Crippen molar-refractivity contribution in [2.75, 3.05) is 0 Å². The molecule has 2 bridgehead atoms. The molecule has 3 aliphatic rings. The minimum absolute atomic E-state index is 0.514. The van der Waals surface area contributed by atoms with E-state index in [4.69, 9.17) is 0 Å². The molecule has 0 unspecified atom stereocenters. The molecule has 44 valence electrons. The Bertz CT molecular complexity index is 190. The van der Waals surface area contributed by atoms with E-state index in [-0.39, 0.29) is 0 Å². The van der Waals surface area contributed by atoms with Crippen molar-refractivity contribution in [3.63, 3.8) is 0 Å². The van der Waals surface area contributed by atoms with E-state index in [0.29, 0.717) is 11.8 Å². The van der Waals surface area contributed by atoms with Gasteiger partial charge in [0, 0.05) is 11.8 Å². The Hall–Kier alpha value is -1.00. The maximum atomic E-state index is 3.13. The molecule has 9 heavy (non-hydrogen) atoms. The van der Waals surface area contributed by atoms with Crippen molar-refractivity contribution in [2.45, 2.75) is 0 Å². The van der Waals surface area contributed by atoms with Gasteiger partial charge in [-0.25, -0.2) is 0 Å². The third-order valence-electron chi connectivity index (χ3n) is 1.69. The Morgan fingerprint density at radius 1 is 0.778 bits per heavy atom. The predicted molar refractivity (Wildman–Crippen MR) is 37.9 cm³/mol. The van der Waals surface area contributed by atoms with Gasteiger partial charge >= 0.3 is 0 Å². The molecule has 3 aliphatic carbocycles. The van der Waals surface area contributed by atoms with E-state index in [9.17, 15) is 0 Å². The molecule has 0 aromatic rings. The maximum absolute atomic E-state index is 3.13. The first-order valence-electron chi connectivity index (χ1n) is 3.24. The fourth-order valence-electron chi connectivity index (χ4n) is 1.14. The monoisotopic (exact) mass is 116 g/mol. The molecule has 0 aromatic heterocycles. The van der Waals surface area contributed by atoms with Crippen LogP contribution in [0.25, 0.3) is 0 Å². The van der Waals surface area contributed by atoms with Gasteiger partial charge in [0.05, 0.1) is 0 Å². The van der Waals surface area contributed by atoms with Crippen LogP contribution in [0.5, 0.6) is 0 Å². The zero-order valence-corrected chi connectivity index (χ0v) is 5.12. The Kier molecular flexibility index (Phi) is 0.941. The van der Waals surface area contributed by atoms with Gasteiger partial charge in [-0.2, -0.15) is 0 Å². The van der Waals surface area contributed by atoms with Crippen LogP contribution >= 0.6 is 0 Å². The van der Waals surface area contributed by atoms with Gasteiger partial charge in [-0.3, -0.25) is 0 Å². The summed E-state index contributed by atoms with van der Waals surface area (Å²) in [5, 5.41) is 0. The van der Waals surface area contributed by atoms with E-state index < -0.39 is 0 Å². The molecule has 3 rings (SSSR count). The van der Waals surface area contributed by atoms with E-state index in [2.05, 4.69) is 42.2 Å². The molecular weight excluding hydrogens is 108 g/mol. The molecule has 0 fully saturated rings. The van der Waals surface area contributed by atoms with Crippen LogP contribution in [0.1, 0.15) is 0 Å². The highest BCUT2D eigenvalue weighted by Crippen LogP contribution is 2.18. The molecule has 0 saturated carbocycles. The number of hydrogen-bond donors (Lipinski definition) is 0. The molecule has 0 atom stereocenters. The SMILES string of the molecule is C1=CC2C=CC(C=1)C=C2.